The van der Waals surface area contributed by atoms with Crippen molar-refractivity contribution in [3.05, 3.63) is 58.8 Å². The Labute approximate surface area is 176 Å². The molecule has 1 aliphatic rings. The van der Waals surface area contributed by atoms with Gasteiger partial charge in [-0.05, 0) is 49.4 Å². The van der Waals surface area contributed by atoms with Crippen LogP contribution < -0.4 is 11.5 Å². The molecule has 0 aliphatic heterocycles. The molecule has 0 saturated heterocycles. The molecule has 1 aliphatic carbocycles. The molecule has 1 atom stereocenters. The summed E-state index contributed by atoms with van der Waals surface area (Å²) in [6, 6.07) is 5.07. The van der Waals surface area contributed by atoms with E-state index in [1.807, 2.05) is 10.7 Å². The first-order valence-electron chi connectivity index (χ1n) is 9.67. The van der Waals surface area contributed by atoms with Crippen LogP contribution in [0.3, 0.4) is 0 Å². The molecule has 1 aromatic carbocycles. The van der Waals surface area contributed by atoms with Crippen molar-refractivity contribution in [2.24, 2.45) is 0 Å². The van der Waals surface area contributed by atoms with Crippen molar-refractivity contribution in [3.63, 3.8) is 0 Å². The summed E-state index contributed by atoms with van der Waals surface area (Å²) in [5, 5.41) is 5.86. The number of allylic oxidation sites excluding steroid dienone is 2. The third-order valence-corrected chi connectivity index (χ3v) is 5.89. The minimum absolute atomic E-state index is 0.128. The zero-order valence-electron chi connectivity index (χ0n) is 16.0. The molecular weight excluding hydrogens is 405 g/mol. The van der Waals surface area contributed by atoms with E-state index in [-0.39, 0.29) is 22.7 Å². The molecule has 7 nitrogen and oxygen atoms in total. The molecule has 0 radical (unpaired) electrons. The van der Waals surface area contributed by atoms with Crippen LogP contribution in [0.25, 0.3) is 21.9 Å². The lowest BCUT2D eigenvalue weighted by atomic mass is 10.0. The number of nitrogen functional groups attached to an aromatic ring is 2. The lowest BCUT2D eigenvalue weighted by Gasteiger charge is -2.08. The maximum Gasteiger partial charge on any atom is 0.163 e. The zero-order valence-corrected chi connectivity index (χ0v) is 16.8. The normalized spacial score (nSPS) is 16.5. The van der Waals surface area contributed by atoms with Gasteiger partial charge < -0.3 is 11.5 Å². The molecule has 0 spiro atoms. The average Bonchev–Trinajstić information content (AvgIpc) is 3.35. The first-order valence-corrected chi connectivity index (χ1v) is 10.0. The van der Waals surface area contributed by atoms with Crippen LogP contribution in [0.1, 0.15) is 30.9 Å². The Balaban J connectivity index is 1.35. The number of rotatable bonds is 4. The van der Waals surface area contributed by atoms with Crippen molar-refractivity contribution in [2.75, 3.05) is 11.5 Å². The van der Waals surface area contributed by atoms with Crippen LogP contribution in [0, 0.1) is 5.82 Å². The van der Waals surface area contributed by atoms with Crippen molar-refractivity contribution >= 4 is 45.2 Å². The Hall–Kier alpha value is -3.26. The number of hydrogen-bond acceptors (Lipinski definition) is 6. The molecule has 152 valence electrons. The first-order chi connectivity index (χ1) is 14.5. The number of aryl methyl sites for hydroxylation is 1. The van der Waals surface area contributed by atoms with Crippen LogP contribution >= 0.6 is 11.6 Å². The number of pyridine rings is 1. The maximum absolute atomic E-state index is 14.5. The molecule has 9 heteroatoms. The Morgan fingerprint density at radius 2 is 1.97 bits per heavy atom. The quantitative estimate of drug-likeness (QED) is 0.475. The second-order valence-electron chi connectivity index (χ2n) is 7.52. The number of hydrogen-bond donors (Lipinski definition) is 2. The first kappa shape index (κ1) is 18.7. The van der Waals surface area contributed by atoms with Gasteiger partial charge in [-0.2, -0.15) is 5.10 Å². The second-order valence-corrected chi connectivity index (χ2v) is 7.92. The maximum atomic E-state index is 14.5. The van der Waals surface area contributed by atoms with E-state index in [1.54, 1.807) is 12.3 Å². The molecule has 30 heavy (non-hydrogen) atoms. The second kappa shape index (κ2) is 7.21. The SMILES string of the molecule is Nc1nc2cc(CCC3=CC(n4ncc5c(N)ncnc54)CC3)cc(F)c2cc1Cl. The third kappa shape index (κ3) is 3.23. The predicted molar refractivity (Wildman–Crippen MR) is 116 cm³/mol. The summed E-state index contributed by atoms with van der Waals surface area (Å²) >= 11 is 5.96. The highest BCUT2D eigenvalue weighted by atomic mass is 35.5. The standard InChI is InChI=1S/C21H19ClFN7/c22-16-8-14-17(23)6-12(7-18(14)29-20(16)25)2-1-11-3-4-13(5-11)30-21-15(9-28-30)19(24)26-10-27-21/h5-10,13H,1-4H2,(H2,25,29)(H2,24,26,27). The van der Waals surface area contributed by atoms with Gasteiger partial charge in [0.15, 0.2) is 5.65 Å². The van der Waals surface area contributed by atoms with E-state index in [4.69, 9.17) is 23.1 Å². The van der Waals surface area contributed by atoms with Gasteiger partial charge in [0.2, 0.25) is 0 Å². The highest BCUT2D eigenvalue weighted by molar-refractivity contribution is 6.33. The third-order valence-electron chi connectivity index (χ3n) is 5.58. The topological polar surface area (TPSA) is 109 Å². The van der Waals surface area contributed by atoms with E-state index in [9.17, 15) is 4.39 Å². The van der Waals surface area contributed by atoms with Crippen molar-refractivity contribution < 1.29 is 4.39 Å². The highest BCUT2D eigenvalue weighted by Gasteiger charge is 2.21. The number of nitrogens with two attached hydrogens (primary N) is 2. The number of fused-ring (bicyclic) bond motifs is 2. The van der Waals surface area contributed by atoms with Crippen LogP contribution in [0.2, 0.25) is 5.02 Å². The van der Waals surface area contributed by atoms with Crippen LogP contribution in [-0.4, -0.2) is 24.7 Å². The number of aromatic nitrogens is 5. The van der Waals surface area contributed by atoms with Crippen molar-refractivity contribution in [1.82, 2.24) is 24.7 Å². The predicted octanol–water partition coefficient (Wildman–Crippen LogP) is 4.23. The largest absolute Gasteiger partial charge is 0.383 e. The van der Waals surface area contributed by atoms with Crippen LogP contribution in [-0.2, 0) is 6.42 Å². The molecule has 0 amide bonds. The summed E-state index contributed by atoms with van der Waals surface area (Å²) in [5.74, 6) is 0.302. The highest BCUT2D eigenvalue weighted by Crippen LogP contribution is 2.33. The fourth-order valence-corrected chi connectivity index (χ4v) is 4.17. The molecule has 3 heterocycles. The smallest absolute Gasteiger partial charge is 0.163 e. The summed E-state index contributed by atoms with van der Waals surface area (Å²) in [5.41, 5.74) is 15.1. The van der Waals surface area contributed by atoms with Crippen LogP contribution in [0.15, 0.2) is 42.4 Å². The van der Waals surface area contributed by atoms with Gasteiger partial charge in [-0.25, -0.2) is 24.0 Å². The summed E-state index contributed by atoms with van der Waals surface area (Å²) in [6.07, 6.45) is 8.84. The minimum atomic E-state index is -0.338. The van der Waals surface area contributed by atoms with Gasteiger partial charge in [-0.3, -0.25) is 0 Å². The molecule has 3 aromatic heterocycles. The van der Waals surface area contributed by atoms with Crippen LogP contribution in [0.5, 0.6) is 0 Å². The van der Waals surface area contributed by atoms with E-state index in [2.05, 4.69) is 26.1 Å². The fraction of sp³-hybridized carbons (Fsp3) is 0.238. The summed E-state index contributed by atoms with van der Waals surface area (Å²) in [6.45, 7) is 0. The van der Waals surface area contributed by atoms with Gasteiger partial charge in [0, 0.05) is 5.39 Å². The lowest BCUT2D eigenvalue weighted by Crippen LogP contribution is -2.06. The monoisotopic (exact) mass is 423 g/mol. The Kier molecular flexibility index (Phi) is 4.51. The Morgan fingerprint density at radius 3 is 2.83 bits per heavy atom. The van der Waals surface area contributed by atoms with E-state index < -0.39 is 0 Å². The number of anilines is 2. The summed E-state index contributed by atoms with van der Waals surface area (Å²) in [7, 11) is 0. The van der Waals surface area contributed by atoms with Crippen molar-refractivity contribution in [3.8, 4) is 0 Å². The molecule has 0 saturated carbocycles. The molecule has 5 rings (SSSR count). The molecule has 4 N–H and O–H groups in total. The van der Waals surface area contributed by atoms with Gasteiger partial charge in [-0.1, -0.05) is 23.3 Å². The Bertz CT molecular complexity index is 1310. The van der Waals surface area contributed by atoms with Gasteiger partial charge in [0.25, 0.3) is 0 Å². The molecule has 1 unspecified atom stereocenters. The minimum Gasteiger partial charge on any atom is -0.383 e. The van der Waals surface area contributed by atoms with Gasteiger partial charge in [0.05, 0.1) is 28.2 Å². The van der Waals surface area contributed by atoms with Crippen LogP contribution in [0.4, 0.5) is 16.0 Å². The zero-order chi connectivity index (χ0) is 20.8. The van der Waals surface area contributed by atoms with Crippen molar-refractivity contribution in [2.45, 2.75) is 31.7 Å². The summed E-state index contributed by atoms with van der Waals surface area (Å²) < 4.78 is 16.4. The number of nitrogens with zero attached hydrogens (tertiary/aromatic N) is 5. The van der Waals surface area contributed by atoms with Crippen molar-refractivity contribution in [1.29, 1.82) is 0 Å². The van der Waals surface area contributed by atoms with Gasteiger partial charge in [-0.15, -0.1) is 0 Å². The average molecular weight is 424 g/mol. The molecule has 0 fully saturated rings. The summed E-state index contributed by atoms with van der Waals surface area (Å²) in [4.78, 5) is 12.6. The number of halogens is 2. The molecule has 4 aromatic rings. The number of benzene rings is 1. The van der Waals surface area contributed by atoms with E-state index in [1.165, 1.54) is 18.0 Å². The fourth-order valence-electron chi connectivity index (χ4n) is 4.02. The lowest BCUT2D eigenvalue weighted by molar-refractivity contribution is 0.541. The van der Waals surface area contributed by atoms with Gasteiger partial charge in [0.1, 0.15) is 23.8 Å². The Morgan fingerprint density at radius 1 is 1.10 bits per heavy atom. The van der Waals surface area contributed by atoms with E-state index in [0.717, 1.165) is 35.9 Å². The van der Waals surface area contributed by atoms with E-state index >= 15 is 0 Å². The van der Waals surface area contributed by atoms with E-state index in [0.29, 0.717) is 23.1 Å². The molecule has 0 bridgehead atoms. The van der Waals surface area contributed by atoms with Gasteiger partial charge >= 0.3 is 0 Å². The molecular formula is C21H19ClFN7.